The molecular formula is C9H13N3OS. The molecule has 2 N–H and O–H groups in total. The lowest BCUT2D eigenvalue weighted by atomic mass is 10.4. The third-order valence-electron chi connectivity index (χ3n) is 1.38. The number of furan rings is 1. The van der Waals surface area contributed by atoms with Crippen LogP contribution in [0.25, 0.3) is 0 Å². The summed E-state index contributed by atoms with van der Waals surface area (Å²) in [5.41, 5.74) is 3.63. The molecule has 0 aromatic carbocycles. The summed E-state index contributed by atoms with van der Waals surface area (Å²) < 4.78 is 5.12. The number of thiocarbonyl (C=S) groups is 1. The van der Waals surface area contributed by atoms with Crippen molar-refractivity contribution in [2.45, 2.75) is 20.4 Å². The van der Waals surface area contributed by atoms with Crippen molar-refractivity contribution in [1.29, 1.82) is 0 Å². The van der Waals surface area contributed by atoms with Crippen molar-refractivity contribution in [3.05, 3.63) is 24.2 Å². The highest BCUT2D eigenvalue weighted by molar-refractivity contribution is 7.80. The molecule has 5 heteroatoms. The highest BCUT2D eigenvalue weighted by atomic mass is 32.1. The van der Waals surface area contributed by atoms with Gasteiger partial charge in [0, 0.05) is 5.71 Å². The third kappa shape index (κ3) is 4.04. The Hall–Kier alpha value is -1.36. The Morgan fingerprint density at radius 1 is 1.57 bits per heavy atom. The molecule has 0 spiro atoms. The van der Waals surface area contributed by atoms with E-state index < -0.39 is 0 Å². The fraction of sp³-hybridized carbons (Fsp3) is 0.333. The second-order valence-electron chi connectivity index (χ2n) is 2.93. The standard InChI is InChI=1S/C9H13N3OS/c1-7(2)11-12-9(14)10-6-8-4-3-5-13-8/h3-5H,6H2,1-2H3,(H2,10,12,14). The van der Waals surface area contributed by atoms with Crippen LogP contribution >= 0.6 is 12.2 Å². The molecule has 0 aliphatic carbocycles. The van der Waals surface area contributed by atoms with Crippen LogP contribution in [0.15, 0.2) is 27.9 Å². The van der Waals surface area contributed by atoms with Gasteiger partial charge in [0.25, 0.3) is 0 Å². The van der Waals surface area contributed by atoms with E-state index in [2.05, 4.69) is 15.8 Å². The molecule has 1 rings (SSSR count). The summed E-state index contributed by atoms with van der Waals surface area (Å²) in [4.78, 5) is 0. The fourth-order valence-electron chi connectivity index (χ4n) is 0.783. The normalized spacial score (nSPS) is 9.29. The van der Waals surface area contributed by atoms with Crippen molar-refractivity contribution in [1.82, 2.24) is 10.7 Å². The Bertz CT molecular complexity index is 315. The Labute approximate surface area is 88.4 Å². The smallest absolute Gasteiger partial charge is 0.187 e. The molecule has 0 radical (unpaired) electrons. The van der Waals surface area contributed by atoms with Crippen LogP contribution in [-0.4, -0.2) is 10.8 Å². The van der Waals surface area contributed by atoms with Gasteiger partial charge >= 0.3 is 0 Å². The van der Waals surface area contributed by atoms with Crippen molar-refractivity contribution in [2.75, 3.05) is 0 Å². The first-order valence-electron chi connectivity index (χ1n) is 4.25. The maximum Gasteiger partial charge on any atom is 0.187 e. The van der Waals surface area contributed by atoms with Crippen molar-refractivity contribution >= 4 is 23.0 Å². The van der Waals surface area contributed by atoms with Gasteiger partial charge in [-0.3, -0.25) is 5.43 Å². The maximum absolute atomic E-state index is 5.12. The maximum atomic E-state index is 5.12. The lowest BCUT2D eigenvalue weighted by molar-refractivity contribution is 0.502. The van der Waals surface area contributed by atoms with Gasteiger partial charge in [-0.2, -0.15) is 5.10 Å². The lowest BCUT2D eigenvalue weighted by Gasteiger charge is -2.04. The second-order valence-corrected chi connectivity index (χ2v) is 3.34. The van der Waals surface area contributed by atoms with Crippen molar-refractivity contribution in [3.8, 4) is 0 Å². The molecule has 1 heterocycles. The highest BCUT2D eigenvalue weighted by Gasteiger charge is 1.96. The molecule has 0 unspecified atom stereocenters. The van der Waals surface area contributed by atoms with Crippen LogP contribution in [0.5, 0.6) is 0 Å². The summed E-state index contributed by atoms with van der Waals surface area (Å²) >= 11 is 4.97. The first-order valence-corrected chi connectivity index (χ1v) is 4.66. The first-order chi connectivity index (χ1) is 6.68. The SMILES string of the molecule is CC(C)=NNC(=S)NCc1ccco1. The molecule has 14 heavy (non-hydrogen) atoms. The van der Waals surface area contributed by atoms with Gasteiger partial charge in [0.15, 0.2) is 5.11 Å². The molecule has 0 atom stereocenters. The van der Waals surface area contributed by atoms with E-state index in [4.69, 9.17) is 16.6 Å². The van der Waals surface area contributed by atoms with Crippen LogP contribution in [0.1, 0.15) is 19.6 Å². The van der Waals surface area contributed by atoms with Crippen LogP contribution in [0.4, 0.5) is 0 Å². The molecule has 0 fully saturated rings. The van der Waals surface area contributed by atoms with Crippen LogP contribution in [0.2, 0.25) is 0 Å². The summed E-state index contributed by atoms with van der Waals surface area (Å²) in [5.74, 6) is 0.839. The quantitative estimate of drug-likeness (QED) is 0.453. The van der Waals surface area contributed by atoms with E-state index >= 15 is 0 Å². The molecule has 0 aliphatic rings. The van der Waals surface area contributed by atoms with Gasteiger partial charge in [0.05, 0.1) is 12.8 Å². The van der Waals surface area contributed by atoms with Crippen LogP contribution in [0.3, 0.4) is 0 Å². The zero-order valence-corrected chi connectivity index (χ0v) is 9.02. The van der Waals surface area contributed by atoms with E-state index in [9.17, 15) is 0 Å². The minimum atomic E-state index is 0.489. The van der Waals surface area contributed by atoms with Crippen LogP contribution < -0.4 is 10.7 Å². The molecular weight excluding hydrogens is 198 g/mol. The Morgan fingerprint density at radius 2 is 2.36 bits per heavy atom. The number of hydrazone groups is 1. The van der Waals surface area contributed by atoms with Gasteiger partial charge in [-0.25, -0.2) is 0 Å². The molecule has 0 amide bonds. The third-order valence-corrected chi connectivity index (χ3v) is 1.62. The molecule has 76 valence electrons. The highest BCUT2D eigenvalue weighted by Crippen LogP contribution is 1.97. The van der Waals surface area contributed by atoms with Crippen molar-refractivity contribution in [2.24, 2.45) is 5.10 Å². The molecule has 0 saturated heterocycles. The van der Waals surface area contributed by atoms with Gasteiger partial charge in [-0.05, 0) is 38.2 Å². The summed E-state index contributed by atoms with van der Waals surface area (Å²) in [6, 6.07) is 3.71. The number of rotatable bonds is 3. The predicted octanol–water partition coefficient (Wildman–Crippen LogP) is 1.64. The Kier molecular flexibility index (Phi) is 4.12. The largest absolute Gasteiger partial charge is 0.467 e. The number of hydrogen-bond acceptors (Lipinski definition) is 3. The summed E-state index contributed by atoms with van der Waals surface area (Å²) in [6.07, 6.45) is 1.63. The van der Waals surface area contributed by atoms with E-state index in [1.165, 1.54) is 0 Å². The monoisotopic (exact) mass is 211 g/mol. The van der Waals surface area contributed by atoms with E-state index in [1.807, 2.05) is 26.0 Å². The molecule has 0 aliphatic heterocycles. The topological polar surface area (TPSA) is 49.6 Å². The minimum Gasteiger partial charge on any atom is -0.467 e. The zero-order chi connectivity index (χ0) is 10.4. The van der Waals surface area contributed by atoms with Gasteiger partial charge in [0.2, 0.25) is 0 Å². The zero-order valence-electron chi connectivity index (χ0n) is 8.20. The summed E-state index contributed by atoms with van der Waals surface area (Å²) in [6.45, 7) is 4.35. The lowest BCUT2D eigenvalue weighted by Crippen LogP contribution is -2.31. The minimum absolute atomic E-state index is 0.489. The summed E-state index contributed by atoms with van der Waals surface area (Å²) in [5, 5.41) is 7.41. The number of hydrogen-bond donors (Lipinski definition) is 2. The Balaban J connectivity index is 2.25. The Morgan fingerprint density at radius 3 is 2.93 bits per heavy atom. The van der Waals surface area contributed by atoms with Gasteiger partial charge in [0.1, 0.15) is 5.76 Å². The number of nitrogens with zero attached hydrogens (tertiary/aromatic N) is 1. The van der Waals surface area contributed by atoms with Gasteiger partial charge in [-0.1, -0.05) is 0 Å². The van der Waals surface area contributed by atoms with E-state index in [-0.39, 0.29) is 0 Å². The van der Waals surface area contributed by atoms with E-state index in [0.717, 1.165) is 11.5 Å². The van der Waals surface area contributed by atoms with Crippen molar-refractivity contribution < 1.29 is 4.42 Å². The predicted molar refractivity (Wildman–Crippen MR) is 60.1 cm³/mol. The van der Waals surface area contributed by atoms with E-state index in [0.29, 0.717) is 11.7 Å². The van der Waals surface area contributed by atoms with Gasteiger partial charge < -0.3 is 9.73 Å². The molecule has 1 aromatic heterocycles. The first kappa shape index (κ1) is 10.7. The van der Waals surface area contributed by atoms with Crippen LogP contribution in [-0.2, 0) is 6.54 Å². The van der Waals surface area contributed by atoms with Gasteiger partial charge in [-0.15, -0.1) is 0 Å². The summed E-state index contributed by atoms with van der Waals surface area (Å²) in [7, 11) is 0. The van der Waals surface area contributed by atoms with Crippen LogP contribution in [0, 0.1) is 0 Å². The molecule has 4 nitrogen and oxygen atoms in total. The average Bonchev–Trinajstić information content (AvgIpc) is 2.63. The molecule has 1 aromatic rings. The molecule has 0 saturated carbocycles. The van der Waals surface area contributed by atoms with Crippen molar-refractivity contribution in [3.63, 3.8) is 0 Å². The second kappa shape index (κ2) is 5.39. The molecule has 0 bridgehead atoms. The fourth-order valence-corrected chi connectivity index (χ4v) is 0.900. The average molecular weight is 211 g/mol. The number of nitrogens with one attached hydrogen (secondary N) is 2. The van der Waals surface area contributed by atoms with E-state index in [1.54, 1.807) is 6.26 Å².